The third-order valence-electron chi connectivity index (χ3n) is 1.83. The third-order valence-corrected chi connectivity index (χ3v) is 2.44. The van der Waals surface area contributed by atoms with E-state index in [-0.39, 0.29) is 5.91 Å². The second kappa shape index (κ2) is 5.92. The van der Waals surface area contributed by atoms with E-state index in [1.165, 1.54) is 6.26 Å². The van der Waals surface area contributed by atoms with Crippen molar-refractivity contribution in [2.24, 2.45) is 0 Å². The van der Waals surface area contributed by atoms with Crippen LogP contribution in [-0.2, 0) is 0 Å². The molecule has 0 saturated heterocycles. The Morgan fingerprint density at radius 2 is 2.27 bits per heavy atom. The van der Waals surface area contributed by atoms with Crippen molar-refractivity contribution in [2.75, 3.05) is 13.1 Å². The molecule has 1 heterocycles. The Labute approximate surface area is 97.5 Å². The quantitative estimate of drug-likeness (QED) is 0.805. The number of amides is 1. The molecular weight excluding hydrogens is 260 g/mol. The van der Waals surface area contributed by atoms with E-state index >= 15 is 0 Å². The zero-order valence-corrected chi connectivity index (χ0v) is 10.4. The second-order valence-corrected chi connectivity index (χ2v) is 4.19. The van der Waals surface area contributed by atoms with Crippen LogP contribution in [0.25, 0.3) is 0 Å². The molecule has 1 amide bonds. The summed E-state index contributed by atoms with van der Waals surface area (Å²) < 4.78 is 5.44. The monoisotopic (exact) mass is 274 g/mol. The Balaban J connectivity index is 2.28. The molecule has 0 fully saturated rings. The zero-order valence-electron chi connectivity index (χ0n) is 8.84. The van der Waals surface area contributed by atoms with E-state index in [0.717, 1.165) is 6.54 Å². The first-order chi connectivity index (χ1) is 7.11. The summed E-state index contributed by atoms with van der Waals surface area (Å²) in [5.41, 5.74) is 0.527. The molecule has 1 rings (SSSR count). The van der Waals surface area contributed by atoms with E-state index in [9.17, 15) is 4.79 Å². The minimum Gasteiger partial charge on any atom is -0.457 e. The largest absolute Gasteiger partial charge is 0.457 e. The Hall–Kier alpha value is -0.810. The third kappa shape index (κ3) is 4.05. The van der Waals surface area contributed by atoms with Crippen molar-refractivity contribution in [1.29, 1.82) is 0 Å². The van der Waals surface area contributed by atoms with Crippen LogP contribution in [0.5, 0.6) is 0 Å². The standard InChI is InChI=1S/C10H15BrN2O2/c1-7(2)12-4-5-13-10(14)8-3-6-15-9(8)11/h3,6-7,12H,4-5H2,1-2H3,(H,13,14). The van der Waals surface area contributed by atoms with Gasteiger partial charge in [0.2, 0.25) is 0 Å². The highest BCUT2D eigenvalue weighted by molar-refractivity contribution is 9.10. The van der Waals surface area contributed by atoms with Crippen molar-refractivity contribution in [3.05, 3.63) is 22.6 Å². The fraction of sp³-hybridized carbons (Fsp3) is 0.500. The van der Waals surface area contributed by atoms with Gasteiger partial charge < -0.3 is 15.1 Å². The molecular formula is C10H15BrN2O2. The second-order valence-electron chi connectivity index (χ2n) is 3.47. The predicted octanol–water partition coefficient (Wildman–Crippen LogP) is 1.77. The SMILES string of the molecule is CC(C)NCCNC(=O)c1ccoc1Br. The Morgan fingerprint density at radius 1 is 1.53 bits per heavy atom. The van der Waals surface area contributed by atoms with Crippen LogP contribution >= 0.6 is 15.9 Å². The van der Waals surface area contributed by atoms with Crippen molar-refractivity contribution in [2.45, 2.75) is 19.9 Å². The van der Waals surface area contributed by atoms with E-state index < -0.39 is 0 Å². The maximum absolute atomic E-state index is 11.5. The number of halogens is 1. The van der Waals surface area contributed by atoms with Gasteiger partial charge in [-0.25, -0.2) is 0 Å². The van der Waals surface area contributed by atoms with Gasteiger partial charge in [-0.3, -0.25) is 4.79 Å². The molecule has 0 aliphatic heterocycles. The molecule has 0 radical (unpaired) electrons. The molecule has 0 aliphatic carbocycles. The van der Waals surface area contributed by atoms with E-state index in [1.54, 1.807) is 6.07 Å². The van der Waals surface area contributed by atoms with Crippen molar-refractivity contribution < 1.29 is 9.21 Å². The van der Waals surface area contributed by atoms with Crippen molar-refractivity contribution >= 4 is 21.8 Å². The lowest BCUT2D eigenvalue weighted by molar-refractivity contribution is 0.0952. The first-order valence-corrected chi connectivity index (χ1v) is 5.65. The molecule has 84 valence electrons. The molecule has 0 bridgehead atoms. The van der Waals surface area contributed by atoms with E-state index in [0.29, 0.717) is 22.8 Å². The van der Waals surface area contributed by atoms with Crippen LogP contribution in [0, 0.1) is 0 Å². The summed E-state index contributed by atoms with van der Waals surface area (Å²) >= 11 is 3.16. The topological polar surface area (TPSA) is 54.3 Å². The number of carbonyl (C=O) groups is 1. The fourth-order valence-electron chi connectivity index (χ4n) is 1.09. The molecule has 0 spiro atoms. The van der Waals surface area contributed by atoms with Gasteiger partial charge in [0.05, 0.1) is 11.8 Å². The Morgan fingerprint density at radius 3 is 2.80 bits per heavy atom. The van der Waals surface area contributed by atoms with Gasteiger partial charge in [0.15, 0.2) is 4.67 Å². The molecule has 1 aromatic heterocycles. The molecule has 15 heavy (non-hydrogen) atoms. The normalized spacial score (nSPS) is 10.7. The number of rotatable bonds is 5. The fourth-order valence-corrected chi connectivity index (χ4v) is 1.51. The van der Waals surface area contributed by atoms with Crippen LogP contribution in [-0.4, -0.2) is 25.0 Å². The molecule has 0 aliphatic rings. The van der Waals surface area contributed by atoms with Gasteiger partial charge >= 0.3 is 0 Å². The lowest BCUT2D eigenvalue weighted by Gasteiger charge is -2.08. The zero-order chi connectivity index (χ0) is 11.3. The van der Waals surface area contributed by atoms with Crippen molar-refractivity contribution in [3.8, 4) is 0 Å². The van der Waals surface area contributed by atoms with Crippen LogP contribution < -0.4 is 10.6 Å². The summed E-state index contributed by atoms with van der Waals surface area (Å²) in [6.45, 7) is 5.50. The highest BCUT2D eigenvalue weighted by Crippen LogP contribution is 2.16. The summed E-state index contributed by atoms with van der Waals surface area (Å²) in [5, 5.41) is 6.00. The molecule has 2 N–H and O–H groups in total. The van der Waals surface area contributed by atoms with Gasteiger partial charge in [0.1, 0.15) is 0 Å². The lowest BCUT2D eigenvalue weighted by atomic mass is 10.3. The maximum Gasteiger partial charge on any atom is 0.255 e. The minimum atomic E-state index is -0.124. The van der Waals surface area contributed by atoms with Crippen molar-refractivity contribution in [1.82, 2.24) is 10.6 Å². The van der Waals surface area contributed by atoms with E-state index in [4.69, 9.17) is 4.42 Å². The van der Waals surface area contributed by atoms with Gasteiger partial charge in [-0.15, -0.1) is 0 Å². The van der Waals surface area contributed by atoms with Crippen LogP contribution in [0.2, 0.25) is 0 Å². The molecule has 0 aromatic carbocycles. The number of furan rings is 1. The van der Waals surface area contributed by atoms with E-state index in [2.05, 4.69) is 40.4 Å². The Bertz CT molecular complexity index is 323. The summed E-state index contributed by atoms with van der Waals surface area (Å²) in [4.78, 5) is 11.5. The van der Waals surface area contributed by atoms with Crippen LogP contribution in [0.1, 0.15) is 24.2 Å². The maximum atomic E-state index is 11.5. The molecule has 5 heteroatoms. The van der Waals surface area contributed by atoms with Gasteiger partial charge in [0, 0.05) is 19.1 Å². The summed E-state index contributed by atoms with van der Waals surface area (Å²) in [7, 11) is 0. The molecule has 0 unspecified atom stereocenters. The highest BCUT2D eigenvalue weighted by Gasteiger charge is 2.11. The predicted molar refractivity (Wildman–Crippen MR) is 61.9 cm³/mol. The van der Waals surface area contributed by atoms with Crippen molar-refractivity contribution in [3.63, 3.8) is 0 Å². The molecule has 4 nitrogen and oxygen atoms in total. The Kier molecular flexibility index (Phi) is 4.84. The smallest absolute Gasteiger partial charge is 0.255 e. The first-order valence-electron chi connectivity index (χ1n) is 4.86. The average molecular weight is 275 g/mol. The van der Waals surface area contributed by atoms with Crippen LogP contribution in [0.3, 0.4) is 0 Å². The summed E-state index contributed by atoms with van der Waals surface area (Å²) in [6.07, 6.45) is 1.48. The van der Waals surface area contributed by atoms with E-state index in [1.807, 2.05) is 0 Å². The lowest BCUT2D eigenvalue weighted by Crippen LogP contribution is -2.34. The van der Waals surface area contributed by atoms with Crippen LogP contribution in [0.4, 0.5) is 0 Å². The van der Waals surface area contributed by atoms with Crippen LogP contribution in [0.15, 0.2) is 21.4 Å². The van der Waals surface area contributed by atoms with Gasteiger partial charge in [0.25, 0.3) is 5.91 Å². The highest BCUT2D eigenvalue weighted by atomic mass is 79.9. The summed E-state index contributed by atoms with van der Waals surface area (Å²) in [6, 6.07) is 2.07. The van der Waals surface area contributed by atoms with Gasteiger partial charge in [-0.05, 0) is 22.0 Å². The van der Waals surface area contributed by atoms with Gasteiger partial charge in [-0.2, -0.15) is 0 Å². The summed E-state index contributed by atoms with van der Waals surface area (Å²) in [5.74, 6) is -0.124. The molecule has 0 saturated carbocycles. The number of hydrogen-bond donors (Lipinski definition) is 2. The number of nitrogens with one attached hydrogen (secondary N) is 2. The first kappa shape index (κ1) is 12.3. The number of carbonyl (C=O) groups excluding carboxylic acids is 1. The van der Waals surface area contributed by atoms with Gasteiger partial charge in [-0.1, -0.05) is 13.8 Å². The average Bonchev–Trinajstić information content (AvgIpc) is 2.58. The molecule has 1 aromatic rings. The number of hydrogen-bond acceptors (Lipinski definition) is 3. The molecule has 0 atom stereocenters. The minimum absolute atomic E-state index is 0.124.